The van der Waals surface area contributed by atoms with Crippen LogP contribution >= 0.6 is 0 Å². The van der Waals surface area contributed by atoms with Gasteiger partial charge in [-0.15, -0.1) is 0 Å². The van der Waals surface area contributed by atoms with E-state index in [-0.39, 0.29) is 18.3 Å². The molecule has 0 aromatic heterocycles. The Kier molecular flexibility index (Phi) is 4.58. The number of hydrogen-bond donors (Lipinski definition) is 2. The summed E-state index contributed by atoms with van der Waals surface area (Å²) in [4.78, 5) is 23.5. The maximum atomic E-state index is 13.0. The van der Waals surface area contributed by atoms with E-state index in [1.807, 2.05) is 0 Å². The highest BCUT2D eigenvalue weighted by molar-refractivity contribution is 6.39. The van der Waals surface area contributed by atoms with Crippen molar-refractivity contribution in [2.75, 3.05) is 18.5 Å². The third kappa shape index (κ3) is 3.86. The lowest BCUT2D eigenvalue weighted by Gasteiger charge is -2.21. The van der Waals surface area contributed by atoms with Gasteiger partial charge in [0.05, 0.1) is 6.61 Å². The third-order valence-electron chi connectivity index (χ3n) is 4.06. The maximum absolute atomic E-state index is 13.0. The minimum Gasteiger partial charge on any atom is -0.347 e. The Morgan fingerprint density at radius 1 is 1.26 bits per heavy atom. The molecule has 23 heavy (non-hydrogen) atoms. The molecule has 1 saturated heterocycles. The van der Waals surface area contributed by atoms with Crippen molar-refractivity contribution in [2.45, 2.75) is 37.6 Å². The van der Waals surface area contributed by atoms with Gasteiger partial charge in [0.1, 0.15) is 11.9 Å². The standard InChI is InChI=1S/C16H19FN2O4/c17-11-4-3-5-12(8-11)19-15(21)14(20)18-9-13-10-22-16(23-13)6-1-2-7-16/h3-5,8,13H,1-2,6-7,9-10H2,(H,18,20)(H,19,21). The summed E-state index contributed by atoms with van der Waals surface area (Å²) in [6.07, 6.45) is 3.65. The summed E-state index contributed by atoms with van der Waals surface area (Å²) in [5.74, 6) is -2.60. The molecule has 1 saturated carbocycles. The molecule has 3 rings (SSSR count). The minimum atomic E-state index is -0.843. The van der Waals surface area contributed by atoms with Crippen LogP contribution in [0, 0.1) is 5.82 Å². The second kappa shape index (κ2) is 6.64. The van der Waals surface area contributed by atoms with Gasteiger partial charge in [0.25, 0.3) is 0 Å². The number of carbonyl (C=O) groups excluding carboxylic acids is 2. The first-order chi connectivity index (χ1) is 11.1. The Morgan fingerprint density at radius 3 is 2.78 bits per heavy atom. The zero-order valence-electron chi connectivity index (χ0n) is 12.6. The van der Waals surface area contributed by atoms with Crippen LogP contribution in [-0.2, 0) is 19.1 Å². The number of rotatable bonds is 3. The molecule has 2 amide bonds. The van der Waals surface area contributed by atoms with Crippen molar-refractivity contribution in [3.8, 4) is 0 Å². The van der Waals surface area contributed by atoms with Crippen LogP contribution in [0.3, 0.4) is 0 Å². The van der Waals surface area contributed by atoms with Gasteiger partial charge in [-0.05, 0) is 31.0 Å². The van der Waals surface area contributed by atoms with Crippen molar-refractivity contribution in [2.24, 2.45) is 0 Å². The molecular formula is C16H19FN2O4. The lowest BCUT2D eigenvalue weighted by Crippen LogP contribution is -2.40. The van der Waals surface area contributed by atoms with Gasteiger partial charge in [-0.2, -0.15) is 0 Å². The van der Waals surface area contributed by atoms with Crippen molar-refractivity contribution in [1.29, 1.82) is 0 Å². The van der Waals surface area contributed by atoms with Crippen molar-refractivity contribution >= 4 is 17.5 Å². The first-order valence-corrected chi connectivity index (χ1v) is 7.73. The van der Waals surface area contributed by atoms with E-state index in [4.69, 9.17) is 9.47 Å². The Labute approximate surface area is 133 Å². The van der Waals surface area contributed by atoms with E-state index in [0.717, 1.165) is 31.7 Å². The SMILES string of the molecule is O=C(NCC1COC2(CCCC2)O1)C(=O)Nc1cccc(F)c1. The highest BCUT2D eigenvalue weighted by Gasteiger charge is 2.43. The number of benzene rings is 1. The lowest BCUT2D eigenvalue weighted by atomic mass is 10.2. The number of anilines is 1. The number of ether oxygens (including phenoxy) is 2. The Balaban J connectivity index is 1.45. The van der Waals surface area contributed by atoms with Crippen molar-refractivity contribution < 1.29 is 23.5 Å². The van der Waals surface area contributed by atoms with Crippen molar-refractivity contribution in [1.82, 2.24) is 5.32 Å². The van der Waals surface area contributed by atoms with Gasteiger partial charge in [-0.1, -0.05) is 6.07 Å². The van der Waals surface area contributed by atoms with E-state index < -0.39 is 23.4 Å². The van der Waals surface area contributed by atoms with Gasteiger partial charge < -0.3 is 20.1 Å². The average Bonchev–Trinajstić information content (AvgIpc) is 3.15. The molecule has 6 nitrogen and oxygen atoms in total. The molecule has 7 heteroatoms. The van der Waals surface area contributed by atoms with E-state index in [2.05, 4.69) is 10.6 Å². The summed E-state index contributed by atoms with van der Waals surface area (Å²) in [6, 6.07) is 5.36. The summed E-state index contributed by atoms with van der Waals surface area (Å²) in [5.41, 5.74) is 0.232. The molecule has 2 fully saturated rings. The lowest BCUT2D eigenvalue weighted by molar-refractivity contribution is -0.161. The number of halogens is 1. The molecule has 1 heterocycles. The van der Waals surface area contributed by atoms with Crippen LogP contribution in [0.5, 0.6) is 0 Å². The minimum absolute atomic E-state index is 0.206. The highest BCUT2D eigenvalue weighted by Crippen LogP contribution is 2.38. The summed E-state index contributed by atoms with van der Waals surface area (Å²) >= 11 is 0. The molecule has 1 aromatic rings. The van der Waals surface area contributed by atoms with Crippen LogP contribution in [0.15, 0.2) is 24.3 Å². The van der Waals surface area contributed by atoms with Gasteiger partial charge >= 0.3 is 11.8 Å². The summed E-state index contributed by atoms with van der Waals surface area (Å²) < 4.78 is 24.6. The molecule has 1 atom stereocenters. The van der Waals surface area contributed by atoms with E-state index in [1.54, 1.807) is 0 Å². The predicted octanol–water partition coefficient (Wildman–Crippen LogP) is 1.57. The van der Waals surface area contributed by atoms with Crippen LogP contribution in [0.1, 0.15) is 25.7 Å². The first kappa shape index (κ1) is 15.9. The molecule has 2 aliphatic rings. The Morgan fingerprint density at radius 2 is 2.04 bits per heavy atom. The summed E-state index contributed by atoms with van der Waals surface area (Å²) in [5, 5.41) is 4.86. The van der Waals surface area contributed by atoms with Crippen LogP contribution in [-0.4, -0.2) is 36.9 Å². The average molecular weight is 322 g/mol. The molecule has 0 radical (unpaired) electrons. The molecule has 124 valence electrons. The fraction of sp³-hybridized carbons (Fsp3) is 0.500. The van der Waals surface area contributed by atoms with E-state index in [0.29, 0.717) is 6.61 Å². The van der Waals surface area contributed by atoms with Gasteiger partial charge in [0.15, 0.2) is 5.79 Å². The van der Waals surface area contributed by atoms with E-state index in [1.165, 1.54) is 18.2 Å². The molecule has 1 aromatic carbocycles. The van der Waals surface area contributed by atoms with Crippen LogP contribution < -0.4 is 10.6 Å². The van der Waals surface area contributed by atoms with Crippen molar-refractivity contribution in [3.05, 3.63) is 30.1 Å². The normalized spacial score (nSPS) is 22.2. The monoisotopic (exact) mass is 322 g/mol. The van der Waals surface area contributed by atoms with Crippen LogP contribution in [0.4, 0.5) is 10.1 Å². The zero-order chi connectivity index (χ0) is 16.3. The van der Waals surface area contributed by atoms with Crippen LogP contribution in [0.25, 0.3) is 0 Å². The third-order valence-corrected chi connectivity index (χ3v) is 4.06. The van der Waals surface area contributed by atoms with Gasteiger partial charge in [0, 0.05) is 25.1 Å². The smallest absolute Gasteiger partial charge is 0.313 e. The molecule has 0 bridgehead atoms. The summed E-state index contributed by atoms with van der Waals surface area (Å²) in [6.45, 7) is 0.614. The Hall–Kier alpha value is -1.99. The number of hydrogen-bond acceptors (Lipinski definition) is 4. The van der Waals surface area contributed by atoms with Gasteiger partial charge in [0.2, 0.25) is 0 Å². The van der Waals surface area contributed by atoms with E-state index in [9.17, 15) is 14.0 Å². The quantitative estimate of drug-likeness (QED) is 0.828. The maximum Gasteiger partial charge on any atom is 0.313 e. The Bertz CT molecular complexity index is 601. The molecule has 1 aliphatic heterocycles. The second-order valence-electron chi connectivity index (χ2n) is 5.84. The van der Waals surface area contributed by atoms with Crippen molar-refractivity contribution in [3.63, 3.8) is 0 Å². The molecule has 1 aliphatic carbocycles. The zero-order valence-corrected chi connectivity index (χ0v) is 12.6. The van der Waals surface area contributed by atoms with Gasteiger partial charge in [-0.3, -0.25) is 9.59 Å². The van der Waals surface area contributed by atoms with Crippen LogP contribution in [0.2, 0.25) is 0 Å². The first-order valence-electron chi connectivity index (χ1n) is 7.73. The summed E-state index contributed by atoms with van der Waals surface area (Å²) in [7, 11) is 0. The molecular weight excluding hydrogens is 303 g/mol. The topological polar surface area (TPSA) is 76.7 Å². The highest BCUT2D eigenvalue weighted by atomic mass is 19.1. The number of amides is 2. The van der Waals surface area contributed by atoms with Gasteiger partial charge in [-0.25, -0.2) is 4.39 Å². The van der Waals surface area contributed by atoms with E-state index >= 15 is 0 Å². The fourth-order valence-corrected chi connectivity index (χ4v) is 2.93. The predicted molar refractivity (Wildman–Crippen MR) is 80.1 cm³/mol. The molecule has 2 N–H and O–H groups in total. The number of nitrogens with one attached hydrogen (secondary N) is 2. The molecule has 1 unspecified atom stereocenters. The fourth-order valence-electron chi connectivity index (χ4n) is 2.93. The number of carbonyl (C=O) groups is 2. The molecule has 1 spiro atoms. The second-order valence-corrected chi connectivity index (χ2v) is 5.84. The largest absolute Gasteiger partial charge is 0.347 e.